The fraction of sp³-hybridized carbons (Fsp3) is 0.350. The summed E-state index contributed by atoms with van der Waals surface area (Å²) in [4.78, 5) is 20.5. The number of imidazole rings is 1. The molecule has 0 spiro atoms. The minimum Gasteiger partial charge on any atom is -0.484 e. The van der Waals surface area contributed by atoms with Gasteiger partial charge in [-0.25, -0.2) is 4.98 Å². The van der Waals surface area contributed by atoms with Gasteiger partial charge in [0.2, 0.25) is 5.95 Å². The van der Waals surface area contributed by atoms with Crippen molar-refractivity contribution < 1.29 is 9.53 Å². The molecule has 4 rings (SSSR count). The molecule has 7 nitrogen and oxygen atoms in total. The topological polar surface area (TPSA) is 81.1 Å². The molecule has 1 aliphatic rings. The number of aryl methyl sites for hydroxylation is 1. The van der Waals surface area contributed by atoms with Gasteiger partial charge >= 0.3 is 0 Å². The van der Waals surface area contributed by atoms with E-state index < -0.39 is 0 Å². The molecule has 0 aliphatic heterocycles. The van der Waals surface area contributed by atoms with E-state index in [1.165, 1.54) is 0 Å². The quantitative estimate of drug-likeness (QED) is 0.673. The summed E-state index contributed by atoms with van der Waals surface area (Å²) in [5.74, 6) is 1.42. The molecule has 2 aromatic heterocycles. The van der Waals surface area contributed by atoms with E-state index in [1.807, 2.05) is 48.1 Å². The molecule has 27 heavy (non-hydrogen) atoms. The van der Waals surface area contributed by atoms with Crippen LogP contribution in [-0.4, -0.2) is 33.1 Å². The number of anilines is 1. The summed E-state index contributed by atoms with van der Waals surface area (Å²) in [6.07, 6.45) is 5.71. The molecular formula is C20H23N5O2. The second-order valence-electron chi connectivity index (χ2n) is 6.92. The first-order valence-electron chi connectivity index (χ1n) is 9.15. The molecule has 2 N–H and O–H groups in total. The molecule has 1 fully saturated rings. The zero-order valence-electron chi connectivity index (χ0n) is 15.5. The van der Waals surface area contributed by atoms with E-state index in [-0.39, 0.29) is 18.6 Å². The van der Waals surface area contributed by atoms with Gasteiger partial charge in [-0.2, -0.15) is 0 Å². The lowest BCUT2D eigenvalue weighted by Crippen LogP contribution is -2.30. The van der Waals surface area contributed by atoms with Crippen LogP contribution in [0.15, 0.2) is 42.7 Å². The van der Waals surface area contributed by atoms with Crippen LogP contribution < -0.4 is 15.4 Å². The lowest BCUT2D eigenvalue weighted by atomic mass is 10.1. The zero-order chi connectivity index (χ0) is 18.8. The van der Waals surface area contributed by atoms with Crippen LogP contribution in [0.4, 0.5) is 5.95 Å². The monoisotopic (exact) mass is 365 g/mol. The number of hydrogen-bond acceptors (Lipinski definition) is 5. The van der Waals surface area contributed by atoms with Gasteiger partial charge in [0, 0.05) is 19.3 Å². The lowest BCUT2D eigenvalue weighted by Gasteiger charge is -2.15. The van der Waals surface area contributed by atoms with Crippen molar-refractivity contribution in [1.29, 1.82) is 0 Å². The Bertz CT molecular complexity index is 947. The van der Waals surface area contributed by atoms with Gasteiger partial charge in [0.05, 0.1) is 23.3 Å². The van der Waals surface area contributed by atoms with Gasteiger partial charge in [-0.1, -0.05) is 12.1 Å². The van der Waals surface area contributed by atoms with Crippen LogP contribution >= 0.6 is 0 Å². The molecule has 1 aliphatic carbocycles. The Morgan fingerprint density at radius 2 is 2.07 bits per heavy atom. The summed E-state index contributed by atoms with van der Waals surface area (Å²) in [6, 6.07) is 10.1. The number of nitrogens with one attached hydrogen (secondary N) is 2. The van der Waals surface area contributed by atoms with Gasteiger partial charge in [0.15, 0.2) is 6.61 Å². The minimum atomic E-state index is -0.0621. The first-order chi connectivity index (χ1) is 13.1. The van der Waals surface area contributed by atoms with Crippen LogP contribution in [0, 0.1) is 0 Å². The van der Waals surface area contributed by atoms with Crippen molar-refractivity contribution in [2.45, 2.75) is 31.8 Å². The highest BCUT2D eigenvalue weighted by atomic mass is 16.5. The van der Waals surface area contributed by atoms with Crippen LogP contribution in [0.2, 0.25) is 0 Å². The first kappa shape index (κ1) is 17.3. The average Bonchev–Trinajstić information content (AvgIpc) is 3.44. The highest BCUT2D eigenvalue weighted by Crippen LogP contribution is 2.24. The maximum atomic E-state index is 11.7. The predicted molar refractivity (Wildman–Crippen MR) is 104 cm³/mol. The van der Waals surface area contributed by atoms with Crippen molar-refractivity contribution in [2.24, 2.45) is 7.05 Å². The van der Waals surface area contributed by atoms with Gasteiger partial charge in [0.1, 0.15) is 5.75 Å². The number of pyridine rings is 1. The standard InChI is InChI=1S/C20H23N5O2/c1-13(22-20-24-17-9-10-21-11-18(17)25(20)2)14-3-7-16(8-4-14)27-12-19(26)23-15-5-6-15/h3-4,7-11,13,15H,5-6,12H2,1-2H3,(H,22,24)(H,23,26). The van der Waals surface area contributed by atoms with Gasteiger partial charge in [-0.3, -0.25) is 9.78 Å². The molecular weight excluding hydrogens is 342 g/mol. The fourth-order valence-electron chi connectivity index (χ4n) is 2.94. The zero-order valence-corrected chi connectivity index (χ0v) is 15.5. The Labute approximate surface area is 157 Å². The van der Waals surface area contributed by atoms with E-state index in [9.17, 15) is 4.79 Å². The molecule has 7 heteroatoms. The number of ether oxygens (including phenoxy) is 1. The van der Waals surface area contributed by atoms with Gasteiger partial charge in [0.25, 0.3) is 5.91 Å². The van der Waals surface area contributed by atoms with Crippen LogP contribution in [0.3, 0.4) is 0 Å². The maximum absolute atomic E-state index is 11.7. The molecule has 1 saturated carbocycles. The molecule has 0 radical (unpaired) electrons. The normalized spacial score (nSPS) is 14.7. The van der Waals surface area contributed by atoms with E-state index in [0.29, 0.717) is 11.8 Å². The molecule has 140 valence electrons. The van der Waals surface area contributed by atoms with Gasteiger partial charge < -0.3 is 19.9 Å². The van der Waals surface area contributed by atoms with E-state index in [0.717, 1.165) is 35.4 Å². The molecule has 3 aromatic rings. The molecule has 1 atom stereocenters. The van der Waals surface area contributed by atoms with Crippen molar-refractivity contribution in [3.63, 3.8) is 0 Å². The largest absolute Gasteiger partial charge is 0.484 e. The Kier molecular flexibility index (Phi) is 4.66. The van der Waals surface area contributed by atoms with Crippen molar-refractivity contribution in [2.75, 3.05) is 11.9 Å². The number of fused-ring (bicyclic) bond motifs is 1. The molecule has 2 heterocycles. The van der Waals surface area contributed by atoms with E-state index in [4.69, 9.17) is 4.74 Å². The number of rotatable bonds is 7. The van der Waals surface area contributed by atoms with Crippen molar-refractivity contribution in [3.05, 3.63) is 48.3 Å². The summed E-state index contributed by atoms with van der Waals surface area (Å²) in [5, 5.41) is 6.34. The number of carbonyl (C=O) groups is 1. The third kappa shape index (κ3) is 4.02. The number of hydrogen-bond donors (Lipinski definition) is 2. The van der Waals surface area contributed by atoms with E-state index in [1.54, 1.807) is 6.20 Å². The third-order valence-corrected chi connectivity index (χ3v) is 4.72. The second-order valence-corrected chi connectivity index (χ2v) is 6.92. The smallest absolute Gasteiger partial charge is 0.258 e. The maximum Gasteiger partial charge on any atom is 0.258 e. The number of nitrogens with zero attached hydrogens (tertiary/aromatic N) is 3. The van der Waals surface area contributed by atoms with Crippen molar-refractivity contribution >= 4 is 22.9 Å². The average molecular weight is 365 g/mol. The first-order valence-corrected chi connectivity index (χ1v) is 9.15. The molecule has 1 amide bonds. The second kappa shape index (κ2) is 7.26. The highest BCUT2D eigenvalue weighted by molar-refractivity contribution is 5.78. The molecule has 1 aromatic carbocycles. The molecule has 1 unspecified atom stereocenters. The summed E-state index contributed by atoms with van der Waals surface area (Å²) in [6.45, 7) is 2.13. The number of benzene rings is 1. The summed E-state index contributed by atoms with van der Waals surface area (Å²) < 4.78 is 7.55. The number of amides is 1. The Morgan fingerprint density at radius 3 is 2.78 bits per heavy atom. The van der Waals surface area contributed by atoms with Gasteiger partial charge in [-0.15, -0.1) is 0 Å². The Morgan fingerprint density at radius 1 is 1.30 bits per heavy atom. The summed E-state index contributed by atoms with van der Waals surface area (Å²) >= 11 is 0. The van der Waals surface area contributed by atoms with E-state index in [2.05, 4.69) is 27.5 Å². The minimum absolute atomic E-state index is 0.0531. The van der Waals surface area contributed by atoms with Crippen molar-refractivity contribution in [1.82, 2.24) is 19.9 Å². The predicted octanol–water partition coefficient (Wildman–Crippen LogP) is 2.80. The fourth-order valence-corrected chi connectivity index (χ4v) is 2.94. The summed E-state index contributed by atoms with van der Waals surface area (Å²) in [7, 11) is 1.97. The lowest BCUT2D eigenvalue weighted by molar-refractivity contribution is -0.123. The van der Waals surface area contributed by atoms with Crippen LogP contribution in [0.5, 0.6) is 5.75 Å². The van der Waals surface area contributed by atoms with Gasteiger partial charge in [-0.05, 0) is 43.5 Å². The van der Waals surface area contributed by atoms with E-state index >= 15 is 0 Å². The summed E-state index contributed by atoms with van der Waals surface area (Å²) in [5.41, 5.74) is 3.01. The Balaban J connectivity index is 1.37. The molecule has 0 bridgehead atoms. The van der Waals surface area contributed by atoms with Crippen LogP contribution in [0.1, 0.15) is 31.4 Å². The SMILES string of the molecule is CC(Nc1nc2ccncc2n1C)c1ccc(OCC(=O)NC2CC2)cc1. The van der Waals surface area contributed by atoms with Crippen molar-refractivity contribution in [3.8, 4) is 5.75 Å². The number of carbonyl (C=O) groups excluding carboxylic acids is 1. The van der Waals surface area contributed by atoms with Crippen LogP contribution in [-0.2, 0) is 11.8 Å². The van der Waals surface area contributed by atoms with Crippen LogP contribution in [0.25, 0.3) is 11.0 Å². The number of aromatic nitrogens is 3. The highest BCUT2D eigenvalue weighted by Gasteiger charge is 2.23. The molecule has 0 saturated heterocycles. The Hall–Kier alpha value is -3.09. The third-order valence-electron chi connectivity index (χ3n) is 4.72.